The molecule has 0 aliphatic carbocycles. The standard InChI is InChI=1S/C18H22BrN3O3/c1-12-9-15(3-4-16(12)19)22-11-14(10-17(22)24)18(25)21-7-5-20(6-8-21)13(2)23/h3-4,9,14H,5-8,10-11H2,1-2H3/t14-/m0/s1. The summed E-state index contributed by atoms with van der Waals surface area (Å²) in [4.78, 5) is 41.8. The molecule has 1 atom stereocenters. The molecule has 2 aliphatic rings. The molecule has 3 rings (SSSR count). The van der Waals surface area contributed by atoms with Crippen LogP contribution in [-0.2, 0) is 14.4 Å². The van der Waals surface area contributed by atoms with Crippen LogP contribution in [0.5, 0.6) is 0 Å². The molecule has 1 aromatic rings. The fraction of sp³-hybridized carbons (Fsp3) is 0.500. The van der Waals surface area contributed by atoms with Crippen molar-refractivity contribution < 1.29 is 14.4 Å². The Labute approximate surface area is 155 Å². The monoisotopic (exact) mass is 407 g/mol. The summed E-state index contributed by atoms with van der Waals surface area (Å²) in [5.41, 5.74) is 1.89. The third-order valence-electron chi connectivity index (χ3n) is 4.96. The topological polar surface area (TPSA) is 60.9 Å². The van der Waals surface area contributed by atoms with Crippen molar-refractivity contribution in [3.63, 3.8) is 0 Å². The Bertz CT molecular complexity index is 714. The van der Waals surface area contributed by atoms with Gasteiger partial charge in [0.25, 0.3) is 0 Å². The quantitative estimate of drug-likeness (QED) is 0.750. The van der Waals surface area contributed by atoms with Crippen molar-refractivity contribution in [3.05, 3.63) is 28.2 Å². The number of rotatable bonds is 2. The lowest BCUT2D eigenvalue weighted by Crippen LogP contribution is -2.51. The minimum absolute atomic E-state index is 0.0116. The zero-order valence-corrected chi connectivity index (χ0v) is 16.1. The predicted octanol–water partition coefficient (Wildman–Crippen LogP) is 1.80. The van der Waals surface area contributed by atoms with E-state index in [2.05, 4.69) is 15.9 Å². The summed E-state index contributed by atoms with van der Waals surface area (Å²) in [7, 11) is 0. The predicted molar refractivity (Wildman–Crippen MR) is 98.2 cm³/mol. The number of hydrogen-bond acceptors (Lipinski definition) is 3. The number of hydrogen-bond donors (Lipinski definition) is 0. The molecule has 0 spiro atoms. The van der Waals surface area contributed by atoms with Crippen LogP contribution in [0.3, 0.4) is 0 Å². The van der Waals surface area contributed by atoms with E-state index < -0.39 is 0 Å². The minimum Gasteiger partial charge on any atom is -0.339 e. The van der Waals surface area contributed by atoms with E-state index in [1.807, 2.05) is 25.1 Å². The minimum atomic E-state index is -0.305. The maximum Gasteiger partial charge on any atom is 0.228 e. The Hall–Kier alpha value is -1.89. The molecule has 0 bridgehead atoms. The third kappa shape index (κ3) is 3.71. The molecule has 2 aliphatic heterocycles. The number of carbonyl (C=O) groups is 3. The van der Waals surface area contributed by atoms with Gasteiger partial charge < -0.3 is 14.7 Å². The Morgan fingerprint density at radius 1 is 1.12 bits per heavy atom. The van der Waals surface area contributed by atoms with Gasteiger partial charge in [0.05, 0.1) is 5.92 Å². The summed E-state index contributed by atoms with van der Waals surface area (Å²) in [6, 6.07) is 5.78. The van der Waals surface area contributed by atoms with E-state index in [1.165, 1.54) is 0 Å². The first-order valence-corrected chi connectivity index (χ1v) is 9.27. The van der Waals surface area contributed by atoms with Crippen molar-refractivity contribution in [3.8, 4) is 0 Å². The van der Waals surface area contributed by atoms with Gasteiger partial charge in [-0.15, -0.1) is 0 Å². The fourth-order valence-corrected chi connectivity index (χ4v) is 3.67. The van der Waals surface area contributed by atoms with Crippen LogP contribution in [0, 0.1) is 12.8 Å². The average molecular weight is 408 g/mol. The number of piperazine rings is 1. The van der Waals surface area contributed by atoms with E-state index >= 15 is 0 Å². The zero-order valence-electron chi connectivity index (χ0n) is 14.5. The first-order valence-electron chi connectivity index (χ1n) is 8.47. The summed E-state index contributed by atoms with van der Waals surface area (Å²) in [6.07, 6.45) is 0.251. The third-order valence-corrected chi connectivity index (χ3v) is 5.85. The van der Waals surface area contributed by atoms with Crippen LogP contribution in [0.25, 0.3) is 0 Å². The fourth-order valence-electron chi connectivity index (χ4n) is 3.42. The summed E-state index contributed by atoms with van der Waals surface area (Å²) in [6.45, 7) is 6.16. The lowest BCUT2D eigenvalue weighted by molar-refractivity contribution is -0.141. The van der Waals surface area contributed by atoms with Gasteiger partial charge in [-0.25, -0.2) is 0 Å². The molecule has 0 saturated carbocycles. The van der Waals surface area contributed by atoms with Gasteiger partial charge in [-0.2, -0.15) is 0 Å². The molecular formula is C18H22BrN3O3. The summed E-state index contributed by atoms with van der Waals surface area (Å²) in [5.74, 6) is -0.254. The second-order valence-corrected chi connectivity index (χ2v) is 7.52. The summed E-state index contributed by atoms with van der Waals surface area (Å²) < 4.78 is 0.999. The number of carbonyl (C=O) groups excluding carboxylic acids is 3. The number of benzene rings is 1. The molecule has 2 fully saturated rings. The van der Waals surface area contributed by atoms with Crippen LogP contribution in [0.2, 0.25) is 0 Å². The molecular weight excluding hydrogens is 386 g/mol. The number of aryl methyl sites for hydroxylation is 1. The van der Waals surface area contributed by atoms with Crippen LogP contribution in [0.4, 0.5) is 5.69 Å². The van der Waals surface area contributed by atoms with E-state index in [4.69, 9.17) is 0 Å². The Balaban J connectivity index is 1.65. The van der Waals surface area contributed by atoms with Gasteiger partial charge in [0.1, 0.15) is 0 Å². The van der Waals surface area contributed by atoms with Gasteiger partial charge >= 0.3 is 0 Å². The van der Waals surface area contributed by atoms with E-state index in [0.717, 1.165) is 15.7 Å². The molecule has 2 saturated heterocycles. The van der Waals surface area contributed by atoms with Crippen molar-refractivity contribution in [2.24, 2.45) is 5.92 Å². The highest BCUT2D eigenvalue weighted by atomic mass is 79.9. The largest absolute Gasteiger partial charge is 0.339 e. The highest BCUT2D eigenvalue weighted by Crippen LogP contribution is 2.29. The first kappa shape index (κ1) is 17.9. The average Bonchev–Trinajstić information content (AvgIpc) is 2.98. The smallest absolute Gasteiger partial charge is 0.228 e. The number of amides is 3. The van der Waals surface area contributed by atoms with Crippen LogP contribution < -0.4 is 4.90 Å². The maximum atomic E-state index is 12.8. The van der Waals surface area contributed by atoms with Crippen molar-refractivity contribution in [1.29, 1.82) is 0 Å². The van der Waals surface area contributed by atoms with Crippen molar-refractivity contribution >= 4 is 39.3 Å². The molecule has 0 aromatic heterocycles. The Kier molecular flexibility index (Phi) is 5.13. The number of anilines is 1. The zero-order chi connectivity index (χ0) is 18.1. The first-order chi connectivity index (χ1) is 11.9. The lowest BCUT2D eigenvalue weighted by Gasteiger charge is -2.35. The van der Waals surface area contributed by atoms with Crippen LogP contribution in [0.1, 0.15) is 18.9 Å². The molecule has 0 N–H and O–H groups in total. The van der Waals surface area contributed by atoms with Crippen LogP contribution in [0.15, 0.2) is 22.7 Å². The van der Waals surface area contributed by atoms with Gasteiger partial charge in [0.2, 0.25) is 17.7 Å². The Morgan fingerprint density at radius 3 is 2.36 bits per heavy atom. The molecule has 134 valence electrons. The molecule has 0 unspecified atom stereocenters. The normalized spacial score (nSPS) is 21.0. The van der Waals surface area contributed by atoms with Crippen LogP contribution in [-0.4, -0.2) is 60.2 Å². The van der Waals surface area contributed by atoms with E-state index in [0.29, 0.717) is 32.7 Å². The SMILES string of the molecule is CC(=O)N1CCN(C(=O)[C@H]2CC(=O)N(c3ccc(Br)c(C)c3)C2)CC1. The summed E-state index contributed by atoms with van der Waals surface area (Å²) in [5, 5.41) is 0. The van der Waals surface area contributed by atoms with E-state index in [9.17, 15) is 14.4 Å². The summed E-state index contributed by atoms with van der Waals surface area (Å²) >= 11 is 3.46. The molecule has 6 nitrogen and oxygen atoms in total. The van der Waals surface area contributed by atoms with Crippen LogP contribution >= 0.6 is 15.9 Å². The molecule has 25 heavy (non-hydrogen) atoms. The molecule has 1 aromatic carbocycles. The van der Waals surface area contributed by atoms with Gasteiger partial charge in [-0.3, -0.25) is 14.4 Å². The van der Waals surface area contributed by atoms with Crippen molar-refractivity contribution in [2.45, 2.75) is 20.3 Å². The molecule has 2 heterocycles. The van der Waals surface area contributed by atoms with Crippen molar-refractivity contribution in [1.82, 2.24) is 9.80 Å². The van der Waals surface area contributed by atoms with Crippen molar-refractivity contribution in [2.75, 3.05) is 37.6 Å². The lowest BCUT2D eigenvalue weighted by atomic mass is 10.1. The Morgan fingerprint density at radius 2 is 1.76 bits per heavy atom. The number of nitrogens with zero attached hydrogens (tertiary/aromatic N) is 3. The molecule has 3 amide bonds. The van der Waals surface area contributed by atoms with Gasteiger partial charge in [-0.1, -0.05) is 15.9 Å². The van der Waals surface area contributed by atoms with Gasteiger partial charge in [-0.05, 0) is 30.7 Å². The van der Waals surface area contributed by atoms with E-state index in [1.54, 1.807) is 21.6 Å². The highest BCUT2D eigenvalue weighted by molar-refractivity contribution is 9.10. The maximum absolute atomic E-state index is 12.8. The van der Waals surface area contributed by atoms with Gasteiger partial charge in [0.15, 0.2) is 0 Å². The van der Waals surface area contributed by atoms with E-state index in [-0.39, 0.29) is 30.1 Å². The second kappa shape index (κ2) is 7.15. The van der Waals surface area contributed by atoms with Gasteiger partial charge in [0, 0.05) is 56.2 Å². The molecule has 7 heteroatoms. The number of halogens is 1. The highest BCUT2D eigenvalue weighted by Gasteiger charge is 2.38. The molecule has 0 radical (unpaired) electrons. The second-order valence-electron chi connectivity index (χ2n) is 6.67.